The number of anilines is 1. The molecule has 2 rings (SSSR count). The van der Waals surface area contributed by atoms with E-state index < -0.39 is 16.0 Å². The number of nitrogens with zero attached hydrogens (tertiary/aromatic N) is 4. The van der Waals surface area contributed by atoms with Crippen LogP contribution in [-0.2, 0) is 10.0 Å². The van der Waals surface area contributed by atoms with Crippen LogP contribution in [0.3, 0.4) is 0 Å². The molecule has 110 valence electrons. The predicted octanol–water partition coefficient (Wildman–Crippen LogP) is -0.435. The quantitative estimate of drug-likeness (QED) is 0.807. The molecule has 0 saturated carbocycles. The van der Waals surface area contributed by atoms with Crippen LogP contribution >= 0.6 is 0 Å². The maximum Gasteiger partial charge on any atom is 0.339 e. The lowest BCUT2D eigenvalue weighted by molar-refractivity contribution is 0.0695. The van der Waals surface area contributed by atoms with E-state index in [2.05, 4.69) is 9.97 Å². The topological polar surface area (TPSA) is 104 Å². The van der Waals surface area contributed by atoms with E-state index >= 15 is 0 Å². The average molecular weight is 300 g/mol. The molecule has 0 spiro atoms. The second-order valence-electron chi connectivity index (χ2n) is 4.62. The van der Waals surface area contributed by atoms with Crippen molar-refractivity contribution >= 4 is 21.9 Å². The Kier molecular flexibility index (Phi) is 3.91. The Morgan fingerprint density at radius 2 is 1.90 bits per heavy atom. The number of aromatic nitrogens is 2. The number of aromatic carboxylic acids is 1. The molecule has 1 aliphatic heterocycles. The Balaban J connectivity index is 2.11. The maximum absolute atomic E-state index is 11.4. The third-order valence-electron chi connectivity index (χ3n) is 3.19. The number of hydrogen-bond donors (Lipinski definition) is 1. The van der Waals surface area contributed by atoms with Crippen molar-refractivity contribution in [3.05, 3.63) is 17.5 Å². The number of aryl methyl sites for hydroxylation is 1. The van der Waals surface area contributed by atoms with E-state index in [-0.39, 0.29) is 5.56 Å². The first-order valence-corrected chi connectivity index (χ1v) is 7.91. The Morgan fingerprint density at radius 1 is 1.30 bits per heavy atom. The largest absolute Gasteiger partial charge is 0.478 e. The molecule has 9 heteroatoms. The number of carbonyl (C=O) groups is 1. The van der Waals surface area contributed by atoms with Gasteiger partial charge in [-0.25, -0.2) is 23.2 Å². The third-order valence-corrected chi connectivity index (χ3v) is 4.49. The first-order chi connectivity index (χ1) is 9.29. The van der Waals surface area contributed by atoms with Crippen LogP contribution in [0.15, 0.2) is 6.20 Å². The first-order valence-electron chi connectivity index (χ1n) is 6.06. The summed E-state index contributed by atoms with van der Waals surface area (Å²) < 4.78 is 24.2. The molecule has 1 N–H and O–H groups in total. The highest BCUT2D eigenvalue weighted by molar-refractivity contribution is 7.88. The van der Waals surface area contributed by atoms with Crippen LogP contribution in [-0.4, -0.2) is 66.2 Å². The van der Waals surface area contributed by atoms with Crippen molar-refractivity contribution in [2.75, 3.05) is 37.3 Å². The van der Waals surface area contributed by atoms with Gasteiger partial charge < -0.3 is 10.0 Å². The molecule has 1 aromatic heterocycles. The molecule has 2 heterocycles. The van der Waals surface area contributed by atoms with Crippen molar-refractivity contribution in [3.63, 3.8) is 0 Å². The smallest absolute Gasteiger partial charge is 0.339 e. The van der Waals surface area contributed by atoms with Gasteiger partial charge in [0, 0.05) is 32.4 Å². The standard InChI is InChI=1S/C11H16N4O4S/c1-8-9(10(16)17)7-12-11(13-8)14-3-5-15(6-4-14)20(2,18)19/h7H,3-6H2,1-2H3,(H,16,17). The number of hydrogen-bond acceptors (Lipinski definition) is 6. The SMILES string of the molecule is Cc1nc(N2CCN(S(C)(=O)=O)CC2)ncc1C(=O)O. The zero-order chi connectivity index (χ0) is 14.9. The van der Waals surface area contributed by atoms with Crippen molar-refractivity contribution in [2.24, 2.45) is 0 Å². The van der Waals surface area contributed by atoms with Gasteiger partial charge in [-0.3, -0.25) is 0 Å². The molecular weight excluding hydrogens is 284 g/mol. The van der Waals surface area contributed by atoms with Gasteiger partial charge in [-0.2, -0.15) is 4.31 Å². The summed E-state index contributed by atoms with van der Waals surface area (Å²) in [6, 6.07) is 0. The van der Waals surface area contributed by atoms with Gasteiger partial charge in [0.1, 0.15) is 0 Å². The normalized spacial score (nSPS) is 17.2. The lowest BCUT2D eigenvalue weighted by Gasteiger charge is -2.33. The van der Waals surface area contributed by atoms with Crippen LogP contribution < -0.4 is 4.90 Å². The molecular formula is C11H16N4O4S. The molecule has 8 nitrogen and oxygen atoms in total. The molecule has 0 amide bonds. The molecule has 1 fully saturated rings. The minimum Gasteiger partial charge on any atom is -0.478 e. The minimum absolute atomic E-state index is 0.0727. The maximum atomic E-state index is 11.4. The van der Waals surface area contributed by atoms with Crippen molar-refractivity contribution in [1.82, 2.24) is 14.3 Å². The Hall–Kier alpha value is -1.74. The van der Waals surface area contributed by atoms with Crippen LogP contribution in [0.1, 0.15) is 16.1 Å². The molecule has 0 bridgehead atoms. The molecule has 0 unspecified atom stereocenters. The van der Waals surface area contributed by atoms with E-state index in [4.69, 9.17) is 5.11 Å². The van der Waals surface area contributed by atoms with Crippen molar-refractivity contribution in [2.45, 2.75) is 6.92 Å². The highest BCUT2D eigenvalue weighted by Crippen LogP contribution is 2.14. The van der Waals surface area contributed by atoms with Crippen LogP contribution in [0.25, 0.3) is 0 Å². The molecule has 1 saturated heterocycles. The Bertz CT molecular complexity index is 623. The van der Waals surface area contributed by atoms with Crippen molar-refractivity contribution in [1.29, 1.82) is 0 Å². The second kappa shape index (κ2) is 5.33. The van der Waals surface area contributed by atoms with Crippen LogP contribution in [0.5, 0.6) is 0 Å². The summed E-state index contributed by atoms with van der Waals surface area (Å²) in [5.41, 5.74) is 0.469. The fourth-order valence-electron chi connectivity index (χ4n) is 2.04. The van der Waals surface area contributed by atoms with E-state index in [1.54, 1.807) is 6.92 Å². The van der Waals surface area contributed by atoms with Crippen LogP contribution in [0.4, 0.5) is 5.95 Å². The molecule has 0 radical (unpaired) electrons. The zero-order valence-corrected chi connectivity index (χ0v) is 12.1. The predicted molar refractivity (Wildman–Crippen MR) is 72.4 cm³/mol. The van der Waals surface area contributed by atoms with Crippen molar-refractivity contribution in [3.8, 4) is 0 Å². The highest BCUT2D eigenvalue weighted by atomic mass is 32.2. The molecule has 1 aromatic rings. The monoisotopic (exact) mass is 300 g/mol. The van der Waals surface area contributed by atoms with Crippen molar-refractivity contribution < 1.29 is 18.3 Å². The van der Waals surface area contributed by atoms with Gasteiger partial charge in [0.25, 0.3) is 0 Å². The number of carboxylic acids is 1. The second-order valence-corrected chi connectivity index (χ2v) is 6.61. The van der Waals surface area contributed by atoms with E-state index in [0.29, 0.717) is 37.8 Å². The third kappa shape index (κ3) is 3.05. The summed E-state index contributed by atoms with van der Waals surface area (Å²) in [5, 5.41) is 8.92. The van der Waals surface area contributed by atoms with Gasteiger partial charge in [0.2, 0.25) is 16.0 Å². The van der Waals surface area contributed by atoms with Gasteiger partial charge in [0.05, 0.1) is 17.5 Å². The summed E-state index contributed by atoms with van der Waals surface area (Å²) in [4.78, 5) is 21.0. The van der Waals surface area contributed by atoms with Gasteiger partial charge in [0.15, 0.2) is 0 Å². The van der Waals surface area contributed by atoms with Gasteiger partial charge in [-0.05, 0) is 6.92 Å². The number of rotatable bonds is 3. The van der Waals surface area contributed by atoms with Crippen LogP contribution in [0.2, 0.25) is 0 Å². The Labute approximate surface area is 117 Å². The van der Waals surface area contributed by atoms with E-state index in [9.17, 15) is 13.2 Å². The van der Waals surface area contributed by atoms with Crippen LogP contribution in [0, 0.1) is 6.92 Å². The first kappa shape index (κ1) is 14.7. The fourth-order valence-corrected chi connectivity index (χ4v) is 2.86. The number of piperazine rings is 1. The molecule has 0 aliphatic carbocycles. The average Bonchev–Trinajstić information content (AvgIpc) is 2.37. The summed E-state index contributed by atoms with van der Waals surface area (Å²) >= 11 is 0. The fraction of sp³-hybridized carbons (Fsp3) is 0.545. The molecule has 0 aromatic carbocycles. The van der Waals surface area contributed by atoms with Gasteiger partial charge in [-0.1, -0.05) is 0 Å². The number of sulfonamides is 1. The minimum atomic E-state index is -3.17. The summed E-state index contributed by atoms with van der Waals surface area (Å²) in [7, 11) is -3.17. The summed E-state index contributed by atoms with van der Waals surface area (Å²) in [6.45, 7) is 3.34. The van der Waals surface area contributed by atoms with Gasteiger partial charge >= 0.3 is 5.97 Å². The summed E-state index contributed by atoms with van der Waals surface area (Å²) in [5.74, 6) is -0.628. The molecule has 1 aliphatic rings. The van der Waals surface area contributed by atoms with E-state index in [1.165, 1.54) is 16.8 Å². The lowest BCUT2D eigenvalue weighted by atomic mass is 10.2. The lowest BCUT2D eigenvalue weighted by Crippen LogP contribution is -2.48. The van der Waals surface area contributed by atoms with E-state index in [1.807, 2.05) is 4.90 Å². The molecule has 20 heavy (non-hydrogen) atoms. The number of carboxylic acid groups (broad SMARTS) is 1. The van der Waals surface area contributed by atoms with Gasteiger partial charge in [-0.15, -0.1) is 0 Å². The highest BCUT2D eigenvalue weighted by Gasteiger charge is 2.25. The van der Waals surface area contributed by atoms with E-state index in [0.717, 1.165) is 0 Å². The Morgan fingerprint density at radius 3 is 2.35 bits per heavy atom. The summed E-state index contributed by atoms with van der Waals surface area (Å²) in [6.07, 6.45) is 2.47. The zero-order valence-electron chi connectivity index (χ0n) is 11.3. The molecule has 0 atom stereocenters.